The Labute approximate surface area is 674 Å². The van der Waals surface area contributed by atoms with Gasteiger partial charge >= 0.3 is 0 Å². The zero-order valence-corrected chi connectivity index (χ0v) is 68.3. The van der Waals surface area contributed by atoms with E-state index in [0.717, 1.165) is 52.4 Å². The van der Waals surface area contributed by atoms with E-state index in [9.17, 15) is 24.0 Å². The Hall–Kier alpha value is -6.48. The van der Waals surface area contributed by atoms with Crippen LogP contribution in [-0.2, 0) is 55.2 Å². The van der Waals surface area contributed by atoms with Gasteiger partial charge in [-0.3, -0.25) is 54.2 Å². The van der Waals surface area contributed by atoms with Crippen LogP contribution in [0.2, 0.25) is 40.2 Å². The standard InChI is InChI=1S/C20H19BrCl2N2O.C18H15BrCl2N4O2.C18H13BrCl2N4O.C17H13BrCl2N2OS/c1-3-4-18-24-20(2,12-13-5-7-14(21)8-6-13)19(26)25(18)17-10-15(22)9-16(23)11-17;1-18(9-11-2-4-12(19)5-3-11)16(27)25(17(23-18)24-22-10-26)15-7-13(20)6-14(21)8-15;1-18(9-11-2-4-12(19)5-3-11)16(26)25(17-23-22-10-24(17)18)15-7-13(20)6-14(21)8-15;1-17(9-10-2-4-11(18)5-3-10)15(23)22(16(24)21-17)14-7-12(19)6-13(20)8-14/h5-11H,3-4,12H2,1-2H3;2-8,10H,9H2,1H3,(H,22,26)(H,23,24);2-8,10H,9H2,1H3;2-8H,9H2,1H3,(H,21,24)/t20-;2*18-;17-/m1111/s1. The van der Waals surface area contributed by atoms with Crippen molar-refractivity contribution in [3.63, 3.8) is 0 Å². The van der Waals surface area contributed by atoms with Gasteiger partial charge in [-0.25, -0.2) is 14.8 Å². The van der Waals surface area contributed by atoms with Crippen molar-refractivity contribution >= 4 is 244 Å². The number of guanidine groups is 1. The largest absolute Gasteiger partial charge is 0.348 e. The van der Waals surface area contributed by atoms with Gasteiger partial charge in [-0.1, -0.05) is 212 Å². The van der Waals surface area contributed by atoms with E-state index in [-0.39, 0.29) is 29.6 Å². The summed E-state index contributed by atoms with van der Waals surface area (Å²) in [6, 6.07) is 51.3. The van der Waals surface area contributed by atoms with E-state index < -0.39 is 22.2 Å². The summed E-state index contributed by atoms with van der Waals surface area (Å²) in [5, 5.41) is 15.2. The molecule has 0 unspecified atom stereocenters. The lowest BCUT2D eigenvalue weighted by Gasteiger charge is -2.24. The van der Waals surface area contributed by atoms with Gasteiger partial charge in [0.2, 0.25) is 18.3 Å². The molecule has 5 amide bonds. The Kier molecular flexibility index (Phi) is 25.8. The van der Waals surface area contributed by atoms with Gasteiger partial charge in [0.15, 0.2) is 5.11 Å². The van der Waals surface area contributed by atoms with Crippen LogP contribution in [0, 0.1) is 0 Å². The molecule has 4 aliphatic rings. The molecular weight excluding hydrogens is 1760 g/mol. The van der Waals surface area contributed by atoms with Crippen molar-refractivity contribution in [1.82, 2.24) is 30.9 Å². The van der Waals surface area contributed by atoms with E-state index in [1.165, 1.54) is 14.7 Å². The summed E-state index contributed by atoms with van der Waals surface area (Å²) in [7, 11) is 0. The molecule has 1 fully saturated rings. The second-order valence-corrected chi connectivity index (χ2v) is 32.5. The number of amides is 5. The van der Waals surface area contributed by atoms with Gasteiger partial charge in [0.05, 0.1) is 22.7 Å². The first kappa shape index (κ1) is 79.1. The predicted octanol–water partition coefficient (Wildman–Crippen LogP) is 20.0. The summed E-state index contributed by atoms with van der Waals surface area (Å²) < 4.78 is 5.74. The van der Waals surface area contributed by atoms with Gasteiger partial charge in [0.1, 0.15) is 34.3 Å². The minimum Gasteiger partial charge on any atom is -0.348 e. The van der Waals surface area contributed by atoms with E-state index in [4.69, 9.17) is 110 Å². The molecule has 0 spiro atoms. The van der Waals surface area contributed by atoms with Crippen LogP contribution in [0.25, 0.3) is 0 Å². The molecule has 13 rings (SSSR count). The number of aliphatic imine (C=N–C) groups is 2. The molecule has 9 aromatic rings. The number of halogens is 12. The summed E-state index contributed by atoms with van der Waals surface area (Å²) in [5.74, 6) is 0.840. The molecule has 0 radical (unpaired) electrons. The van der Waals surface area contributed by atoms with E-state index in [2.05, 4.69) is 102 Å². The first-order valence-corrected chi connectivity index (χ1v) is 38.0. The van der Waals surface area contributed by atoms with Crippen molar-refractivity contribution in [2.75, 3.05) is 19.6 Å². The lowest BCUT2D eigenvalue weighted by molar-refractivity contribution is -0.124. The SMILES string of the molecule is CCCC1=N[C@](C)(Cc2ccc(Br)cc2)C(=O)N1c1cc(Cl)cc(Cl)c1.C[C@@]1(Cc2ccc(Br)cc2)C(=O)N(c2cc(Cl)cc(Cl)c2)c2nncn21.C[C@]1(Cc2ccc(Br)cc2)N=C(NNC=O)N(c2cc(Cl)cc(Cl)c2)C1=O.C[C@]1(Cc2ccc(Br)cc2)NC(=S)N(c2cc(Cl)cc(Cl)c2)C1=O. The van der Waals surface area contributed by atoms with Crippen LogP contribution in [0.4, 0.5) is 28.7 Å². The number of thiocarbonyl (C=S) groups is 1. The Balaban J connectivity index is 0.000000148. The van der Waals surface area contributed by atoms with Gasteiger partial charge in [0, 0.05) is 90.2 Å². The first-order valence-electron chi connectivity index (χ1n) is 31.4. The van der Waals surface area contributed by atoms with Crippen LogP contribution >= 0.6 is 169 Å². The number of fused-ring (bicyclic) bond motifs is 1. The third-order valence-electron chi connectivity index (χ3n) is 16.7. The quantitative estimate of drug-likeness (QED) is 0.0477. The molecule has 30 heteroatoms. The van der Waals surface area contributed by atoms with Crippen molar-refractivity contribution in [2.45, 2.75) is 95.3 Å². The van der Waals surface area contributed by atoms with Crippen LogP contribution in [0.5, 0.6) is 0 Å². The third kappa shape index (κ3) is 18.7. The Morgan fingerprint density at radius 2 is 0.825 bits per heavy atom. The van der Waals surface area contributed by atoms with Crippen LogP contribution in [0.1, 0.15) is 69.7 Å². The second kappa shape index (κ2) is 33.5. The first-order chi connectivity index (χ1) is 48.8. The molecule has 1 aromatic heterocycles. The van der Waals surface area contributed by atoms with E-state index in [1.807, 2.05) is 118 Å². The maximum Gasteiger partial charge on any atom is 0.262 e. The zero-order chi connectivity index (χ0) is 74.5. The molecule has 4 aliphatic heterocycles. The summed E-state index contributed by atoms with van der Waals surface area (Å²) in [4.78, 5) is 79.0. The number of nitrogens with one attached hydrogen (secondary N) is 3. The minimum absolute atomic E-state index is 0.0535. The lowest BCUT2D eigenvalue weighted by Crippen LogP contribution is -2.49. The third-order valence-corrected chi connectivity index (χ3v) is 20.9. The number of nitrogens with zero attached hydrogens (tertiary/aromatic N) is 9. The summed E-state index contributed by atoms with van der Waals surface area (Å²) in [6.45, 7) is 9.43. The number of hydrogen-bond acceptors (Lipinski definition) is 11. The maximum absolute atomic E-state index is 13.4. The summed E-state index contributed by atoms with van der Waals surface area (Å²) >= 11 is 67.9. The molecule has 8 aromatic carbocycles. The van der Waals surface area contributed by atoms with Crippen LogP contribution in [-0.4, -0.2) is 78.3 Å². The van der Waals surface area contributed by atoms with Gasteiger partial charge in [0.25, 0.3) is 23.6 Å². The average Bonchev–Trinajstić information content (AvgIpc) is 1.60. The number of benzene rings is 8. The van der Waals surface area contributed by atoms with Gasteiger partial charge in [-0.2, -0.15) is 0 Å². The zero-order valence-electron chi connectivity index (χ0n) is 55.1. The number of rotatable bonds is 16. The molecule has 1 saturated heterocycles. The molecule has 0 aliphatic carbocycles. The van der Waals surface area contributed by atoms with Gasteiger partial charge < -0.3 is 5.32 Å². The fourth-order valence-electron chi connectivity index (χ4n) is 12.0. The fraction of sp³-hybridized carbons (Fsp3) is 0.205. The number of carbonyl (C=O) groups is 5. The molecular formula is C73H60Br4Cl8N12O5S. The van der Waals surface area contributed by atoms with Crippen molar-refractivity contribution in [3.8, 4) is 0 Å². The van der Waals surface area contributed by atoms with Crippen molar-refractivity contribution in [3.05, 3.63) is 257 Å². The van der Waals surface area contributed by atoms with E-state index in [0.29, 0.717) is 113 Å². The lowest BCUT2D eigenvalue weighted by atomic mass is 9.92. The normalized spacial score (nSPS) is 19.6. The average molecular weight is 1820 g/mol. The van der Waals surface area contributed by atoms with Crippen molar-refractivity contribution < 1.29 is 24.0 Å². The second-order valence-electron chi connectivity index (χ2n) is 25.0. The molecule has 0 bridgehead atoms. The predicted molar refractivity (Wildman–Crippen MR) is 434 cm³/mol. The monoisotopic (exact) mass is 1810 g/mol. The Morgan fingerprint density at radius 1 is 0.466 bits per heavy atom. The van der Waals surface area contributed by atoms with Crippen LogP contribution in [0.15, 0.2) is 204 Å². The highest BCUT2D eigenvalue weighted by Crippen LogP contribution is 2.43. The smallest absolute Gasteiger partial charge is 0.262 e. The highest BCUT2D eigenvalue weighted by Gasteiger charge is 2.51. The summed E-state index contributed by atoms with van der Waals surface area (Å²) in [5.41, 5.74) is 7.74. The highest BCUT2D eigenvalue weighted by atomic mass is 79.9. The Morgan fingerprint density at radius 3 is 1.23 bits per heavy atom. The maximum atomic E-state index is 13.4. The molecule has 0 saturated carbocycles. The van der Waals surface area contributed by atoms with Gasteiger partial charge in [-0.05, 0) is 190 Å². The number of hydrazine groups is 1. The molecule has 532 valence electrons. The number of aromatic nitrogens is 3. The van der Waals surface area contributed by atoms with Crippen LogP contribution in [0.3, 0.4) is 0 Å². The van der Waals surface area contributed by atoms with E-state index >= 15 is 0 Å². The number of carbonyl (C=O) groups excluding carboxylic acids is 5. The highest BCUT2D eigenvalue weighted by molar-refractivity contribution is 9.11. The number of amidine groups is 1. The molecule has 4 atom stereocenters. The summed E-state index contributed by atoms with van der Waals surface area (Å²) in [6.07, 6.45) is 5.60. The van der Waals surface area contributed by atoms with Crippen molar-refractivity contribution in [2.24, 2.45) is 9.98 Å². The minimum atomic E-state index is -1.06. The fourth-order valence-corrected chi connectivity index (χ4v) is 15.5. The van der Waals surface area contributed by atoms with Crippen molar-refractivity contribution in [1.29, 1.82) is 0 Å². The van der Waals surface area contributed by atoms with Gasteiger partial charge in [-0.15, -0.1) is 10.2 Å². The molecule has 5 heterocycles. The Bertz CT molecular complexity index is 4740. The number of hydrogen-bond donors (Lipinski definition) is 3. The van der Waals surface area contributed by atoms with Crippen LogP contribution < -0.4 is 35.8 Å². The topological polar surface area (TPSA) is 190 Å². The molecule has 3 N–H and O–H groups in total. The van der Waals surface area contributed by atoms with E-state index in [1.54, 1.807) is 95.5 Å². The molecule has 17 nitrogen and oxygen atoms in total. The number of anilines is 5. The molecule has 103 heavy (non-hydrogen) atoms.